The molecule has 4 heteroatoms. The Bertz CT molecular complexity index is 692. The molecule has 0 radical (unpaired) electrons. The Morgan fingerprint density at radius 1 is 0.958 bits per heavy atom. The molecular formula is C20H22N2O2. The van der Waals surface area contributed by atoms with E-state index in [0.717, 1.165) is 17.7 Å². The second-order valence-corrected chi connectivity index (χ2v) is 6.79. The Kier molecular flexibility index (Phi) is 3.57. The number of hydrogen-bond acceptors (Lipinski definition) is 3. The van der Waals surface area contributed by atoms with Gasteiger partial charge in [-0.05, 0) is 14.0 Å². The zero-order valence-corrected chi connectivity index (χ0v) is 14.1. The lowest BCUT2D eigenvalue weighted by molar-refractivity contribution is 0.0362. The van der Waals surface area contributed by atoms with Crippen molar-refractivity contribution in [2.45, 2.75) is 24.6 Å². The first-order valence-corrected chi connectivity index (χ1v) is 8.44. The summed E-state index contributed by atoms with van der Waals surface area (Å²) >= 11 is 0. The van der Waals surface area contributed by atoms with Crippen LogP contribution in [0, 0.1) is 0 Å². The topological polar surface area (TPSA) is 32.8 Å². The predicted octanol–water partition coefficient (Wildman–Crippen LogP) is 3.08. The third-order valence-corrected chi connectivity index (χ3v) is 5.41. The van der Waals surface area contributed by atoms with Gasteiger partial charge in [-0.1, -0.05) is 60.7 Å². The number of ether oxygens (including phenoxy) is 1. The van der Waals surface area contributed by atoms with E-state index in [1.54, 1.807) is 0 Å². The Labute approximate surface area is 142 Å². The molecular weight excluding hydrogens is 300 g/mol. The molecule has 2 heterocycles. The van der Waals surface area contributed by atoms with Crippen LogP contribution in [-0.4, -0.2) is 48.1 Å². The Morgan fingerprint density at radius 2 is 1.50 bits per heavy atom. The van der Waals surface area contributed by atoms with Crippen LogP contribution >= 0.6 is 0 Å². The van der Waals surface area contributed by atoms with Gasteiger partial charge < -0.3 is 4.74 Å². The summed E-state index contributed by atoms with van der Waals surface area (Å²) in [7, 11) is 2.12. The molecule has 124 valence electrons. The molecule has 0 bridgehead atoms. The summed E-state index contributed by atoms with van der Waals surface area (Å²) in [6.45, 7) is 3.63. The smallest absolute Gasteiger partial charge is 0.411 e. The van der Waals surface area contributed by atoms with Gasteiger partial charge in [0, 0.05) is 30.3 Å². The summed E-state index contributed by atoms with van der Waals surface area (Å²) in [5, 5.41) is 0. The molecule has 2 aliphatic rings. The van der Waals surface area contributed by atoms with Crippen LogP contribution in [0.2, 0.25) is 0 Å². The number of rotatable bonds is 2. The number of cyclic esters (lactones) is 1. The largest absolute Gasteiger partial charge is 0.431 e. The molecule has 0 N–H and O–H groups in total. The summed E-state index contributed by atoms with van der Waals surface area (Å²) in [5.74, 6) is 0. The lowest BCUT2D eigenvalue weighted by atomic mass is 9.79. The molecule has 2 aromatic rings. The summed E-state index contributed by atoms with van der Waals surface area (Å²) < 4.78 is 6.13. The maximum Gasteiger partial charge on any atom is 0.411 e. The molecule has 2 aliphatic heterocycles. The van der Waals surface area contributed by atoms with Gasteiger partial charge in [-0.3, -0.25) is 9.80 Å². The van der Waals surface area contributed by atoms with Crippen LogP contribution in [0.5, 0.6) is 0 Å². The second kappa shape index (κ2) is 5.64. The number of amides is 1. The van der Waals surface area contributed by atoms with Gasteiger partial charge in [0.2, 0.25) is 0 Å². The van der Waals surface area contributed by atoms with Crippen molar-refractivity contribution in [1.82, 2.24) is 9.80 Å². The maximum absolute atomic E-state index is 12.7. The first-order chi connectivity index (χ1) is 11.6. The molecule has 1 amide bonds. The first kappa shape index (κ1) is 15.2. The lowest BCUT2D eigenvalue weighted by Gasteiger charge is -2.43. The number of piperazine rings is 1. The second-order valence-electron chi connectivity index (χ2n) is 6.79. The number of hydrogen-bond donors (Lipinski definition) is 0. The van der Waals surface area contributed by atoms with Gasteiger partial charge in [-0.2, -0.15) is 0 Å². The zero-order chi connectivity index (χ0) is 16.7. The van der Waals surface area contributed by atoms with E-state index in [9.17, 15) is 4.79 Å². The minimum atomic E-state index is -0.756. The van der Waals surface area contributed by atoms with Crippen LogP contribution in [0.1, 0.15) is 18.1 Å². The van der Waals surface area contributed by atoms with Crippen molar-refractivity contribution >= 4 is 6.09 Å². The van der Waals surface area contributed by atoms with E-state index in [4.69, 9.17) is 4.74 Å². The molecule has 4 nitrogen and oxygen atoms in total. The van der Waals surface area contributed by atoms with Gasteiger partial charge >= 0.3 is 6.09 Å². The van der Waals surface area contributed by atoms with Crippen LogP contribution in [0.4, 0.5) is 4.79 Å². The average Bonchev–Trinajstić information content (AvgIpc) is 2.90. The van der Waals surface area contributed by atoms with Crippen molar-refractivity contribution in [2.75, 3.05) is 20.1 Å². The van der Waals surface area contributed by atoms with E-state index in [1.165, 1.54) is 0 Å². The summed E-state index contributed by atoms with van der Waals surface area (Å²) in [6.07, 6.45) is -0.215. The molecule has 2 aromatic carbocycles. The number of benzene rings is 2. The molecule has 0 aromatic heterocycles. The molecule has 0 aliphatic carbocycles. The molecule has 0 unspecified atom stereocenters. The molecule has 0 spiro atoms. The van der Waals surface area contributed by atoms with E-state index in [2.05, 4.69) is 43.1 Å². The van der Waals surface area contributed by atoms with E-state index < -0.39 is 5.60 Å². The number of carbonyl (C=O) groups is 1. The van der Waals surface area contributed by atoms with E-state index in [-0.39, 0.29) is 12.1 Å². The third-order valence-electron chi connectivity index (χ3n) is 5.41. The molecule has 2 fully saturated rings. The minimum Gasteiger partial charge on any atom is -0.431 e. The van der Waals surface area contributed by atoms with Crippen LogP contribution in [-0.2, 0) is 10.3 Å². The highest BCUT2D eigenvalue weighted by molar-refractivity contribution is 5.74. The van der Waals surface area contributed by atoms with E-state index >= 15 is 0 Å². The Balaban J connectivity index is 1.90. The highest BCUT2D eigenvalue weighted by atomic mass is 16.6. The Hall–Kier alpha value is -2.33. The highest BCUT2D eigenvalue weighted by Crippen LogP contribution is 2.46. The van der Waals surface area contributed by atoms with Gasteiger partial charge in [0.1, 0.15) is 0 Å². The van der Waals surface area contributed by atoms with Gasteiger partial charge in [0.05, 0.1) is 6.04 Å². The lowest BCUT2D eigenvalue weighted by Crippen LogP contribution is -2.59. The molecule has 2 atom stereocenters. The van der Waals surface area contributed by atoms with Crippen molar-refractivity contribution in [3.8, 4) is 0 Å². The van der Waals surface area contributed by atoms with Crippen LogP contribution < -0.4 is 0 Å². The summed E-state index contributed by atoms with van der Waals surface area (Å²) in [4.78, 5) is 16.9. The molecule has 0 saturated carbocycles. The summed E-state index contributed by atoms with van der Waals surface area (Å²) in [6, 6.07) is 20.5. The third kappa shape index (κ3) is 2.13. The minimum absolute atomic E-state index is 0.0315. The van der Waals surface area contributed by atoms with Crippen LogP contribution in [0.25, 0.3) is 0 Å². The van der Waals surface area contributed by atoms with Crippen molar-refractivity contribution in [1.29, 1.82) is 0 Å². The number of fused-ring (bicyclic) bond motifs is 1. The van der Waals surface area contributed by atoms with Crippen molar-refractivity contribution < 1.29 is 9.53 Å². The zero-order valence-electron chi connectivity index (χ0n) is 14.1. The number of carbonyl (C=O) groups excluding carboxylic acids is 1. The monoisotopic (exact) mass is 322 g/mol. The quantitative estimate of drug-likeness (QED) is 0.852. The average molecular weight is 322 g/mol. The first-order valence-electron chi connectivity index (χ1n) is 8.44. The van der Waals surface area contributed by atoms with Gasteiger partial charge in [0.15, 0.2) is 5.60 Å². The predicted molar refractivity (Wildman–Crippen MR) is 92.7 cm³/mol. The fourth-order valence-electron chi connectivity index (χ4n) is 3.96. The summed E-state index contributed by atoms with van der Waals surface area (Å²) in [5.41, 5.74) is 1.30. The van der Waals surface area contributed by atoms with Crippen LogP contribution in [0.3, 0.4) is 0 Å². The van der Waals surface area contributed by atoms with Crippen LogP contribution in [0.15, 0.2) is 60.7 Å². The fraction of sp³-hybridized carbons (Fsp3) is 0.350. The normalized spacial score (nSPS) is 26.1. The fourth-order valence-corrected chi connectivity index (χ4v) is 3.96. The number of likely N-dealkylation sites (N-methyl/N-ethyl adjacent to an activating group) is 1. The Morgan fingerprint density at radius 3 is 2.04 bits per heavy atom. The molecule has 24 heavy (non-hydrogen) atoms. The SMILES string of the molecule is C[C@@H]1CN2C(=O)OC(c3ccccc3)(c3ccccc3)[C@H]2CN1C. The van der Waals surface area contributed by atoms with E-state index in [1.807, 2.05) is 41.3 Å². The standard InChI is InChI=1S/C20H22N2O2/c1-15-13-22-18(14-21(15)2)20(24-19(22)23,16-9-5-3-6-10-16)17-11-7-4-8-12-17/h3-12,15,18H,13-14H2,1-2H3/t15-,18-/m1/s1. The van der Waals surface area contributed by atoms with Gasteiger partial charge in [-0.25, -0.2) is 4.79 Å². The number of nitrogens with zero attached hydrogens (tertiary/aromatic N) is 2. The maximum atomic E-state index is 12.7. The van der Waals surface area contributed by atoms with Gasteiger partial charge in [0.25, 0.3) is 0 Å². The van der Waals surface area contributed by atoms with Crippen molar-refractivity contribution in [2.24, 2.45) is 0 Å². The van der Waals surface area contributed by atoms with Crippen molar-refractivity contribution in [3.63, 3.8) is 0 Å². The highest BCUT2D eigenvalue weighted by Gasteiger charge is 2.58. The molecule has 2 saturated heterocycles. The van der Waals surface area contributed by atoms with Gasteiger partial charge in [-0.15, -0.1) is 0 Å². The van der Waals surface area contributed by atoms with Crippen molar-refractivity contribution in [3.05, 3.63) is 71.8 Å². The molecule has 4 rings (SSSR count). The van der Waals surface area contributed by atoms with E-state index in [0.29, 0.717) is 12.6 Å².